The minimum Gasteiger partial charge on any atom is -0.374 e. The van der Waals surface area contributed by atoms with Gasteiger partial charge in [-0.2, -0.15) is 10.2 Å². The molecule has 1 saturated heterocycles. The topological polar surface area (TPSA) is 90.1 Å². The van der Waals surface area contributed by atoms with Crippen molar-refractivity contribution in [2.24, 2.45) is 7.05 Å². The van der Waals surface area contributed by atoms with Crippen molar-refractivity contribution in [3.8, 4) is 11.4 Å². The van der Waals surface area contributed by atoms with Gasteiger partial charge in [-0.05, 0) is 24.6 Å². The number of hydrogen-bond acceptors (Lipinski definition) is 5. The fourth-order valence-electron chi connectivity index (χ4n) is 3.22. The van der Waals surface area contributed by atoms with Crippen molar-refractivity contribution in [3.63, 3.8) is 0 Å². The molecule has 146 valence electrons. The standard InChI is InChI=1S/C19H23N7O2/c1-24-18(12-17(23-24)16-6-2-3-7-20-16)22-19(27)25-9-5-11-28-15(13-25)14-26-10-4-8-21-26/h2-4,6-8,10,12,15H,5,9,11,13-14H2,1H3,(H,22,27)/t15-/m0/s1. The third kappa shape index (κ3) is 4.20. The van der Waals surface area contributed by atoms with E-state index in [1.165, 1.54) is 0 Å². The van der Waals surface area contributed by atoms with Gasteiger partial charge in [0.1, 0.15) is 11.5 Å². The normalized spacial score (nSPS) is 17.3. The van der Waals surface area contributed by atoms with Crippen LogP contribution in [0.2, 0.25) is 0 Å². The molecule has 0 aliphatic carbocycles. The zero-order valence-corrected chi connectivity index (χ0v) is 15.7. The number of nitrogens with one attached hydrogen (secondary N) is 1. The number of hydrogen-bond donors (Lipinski definition) is 1. The molecule has 1 aliphatic rings. The molecule has 0 unspecified atom stereocenters. The first-order valence-corrected chi connectivity index (χ1v) is 9.29. The van der Waals surface area contributed by atoms with E-state index in [2.05, 4.69) is 20.5 Å². The lowest BCUT2D eigenvalue weighted by atomic mass is 10.3. The van der Waals surface area contributed by atoms with E-state index in [0.29, 0.717) is 37.8 Å². The Hall–Kier alpha value is -3.20. The van der Waals surface area contributed by atoms with Crippen LogP contribution < -0.4 is 5.32 Å². The number of amides is 2. The first kappa shape index (κ1) is 18.2. The molecule has 3 aromatic rings. The molecular weight excluding hydrogens is 358 g/mol. The molecule has 0 bridgehead atoms. The molecule has 1 N–H and O–H groups in total. The van der Waals surface area contributed by atoms with Crippen LogP contribution in [0, 0.1) is 0 Å². The van der Waals surface area contributed by atoms with Gasteiger partial charge in [0.05, 0.1) is 24.9 Å². The first-order valence-electron chi connectivity index (χ1n) is 9.29. The van der Waals surface area contributed by atoms with Crippen molar-refractivity contribution < 1.29 is 9.53 Å². The maximum Gasteiger partial charge on any atom is 0.323 e. The van der Waals surface area contributed by atoms with E-state index in [0.717, 1.165) is 12.1 Å². The maximum atomic E-state index is 12.8. The van der Waals surface area contributed by atoms with E-state index in [4.69, 9.17) is 4.74 Å². The average Bonchev–Trinajstić information content (AvgIpc) is 3.27. The van der Waals surface area contributed by atoms with Crippen LogP contribution in [0.15, 0.2) is 48.9 Å². The van der Waals surface area contributed by atoms with Crippen molar-refractivity contribution in [1.82, 2.24) is 29.4 Å². The van der Waals surface area contributed by atoms with E-state index in [1.807, 2.05) is 41.2 Å². The largest absolute Gasteiger partial charge is 0.374 e. The summed E-state index contributed by atoms with van der Waals surface area (Å²) >= 11 is 0. The van der Waals surface area contributed by atoms with Gasteiger partial charge in [0, 0.05) is 44.9 Å². The number of pyridine rings is 1. The second-order valence-corrected chi connectivity index (χ2v) is 6.70. The summed E-state index contributed by atoms with van der Waals surface area (Å²) in [5, 5.41) is 11.6. The number of rotatable bonds is 4. The molecule has 0 spiro atoms. The zero-order valence-electron chi connectivity index (χ0n) is 15.7. The van der Waals surface area contributed by atoms with Crippen LogP contribution in [0.5, 0.6) is 0 Å². The first-order chi connectivity index (χ1) is 13.7. The van der Waals surface area contributed by atoms with Crippen molar-refractivity contribution in [2.45, 2.75) is 19.1 Å². The van der Waals surface area contributed by atoms with Crippen molar-refractivity contribution in [2.75, 3.05) is 25.0 Å². The van der Waals surface area contributed by atoms with E-state index in [9.17, 15) is 4.79 Å². The van der Waals surface area contributed by atoms with E-state index < -0.39 is 0 Å². The highest BCUT2D eigenvalue weighted by Crippen LogP contribution is 2.19. The van der Waals surface area contributed by atoms with Gasteiger partial charge in [0.2, 0.25) is 0 Å². The van der Waals surface area contributed by atoms with Crippen LogP contribution in [0.1, 0.15) is 6.42 Å². The molecule has 0 radical (unpaired) electrons. The molecule has 3 aromatic heterocycles. The smallest absolute Gasteiger partial charge is 0.323 e. The zero-order chi connectivity index (χ0) is 19.3. The summed E-state index contributed by atoms with van der Waals surface area (Å²) in [5.41, 5.74) is 1.48. The molecule has 4 rings (SSSR count). The Morgan fingerprint density at radius 1 is 1.29 bits per heavy atom. The highest BCUT2D eigenvalue weighted by atomic mass is 16.5. The number of aryl methyl sites for hydroxylation is 1. The van der Waals surface area contributed by atoms with E-state index in [-0.39, 0.29) is 12.1 Å². The molecule has 0 aromatic carbocycles. The molecule has 2 amide bonds. The van der Waals surface area contributed by atoms with Crippen molar-refractivity contribution >= 4 is 11.8 Å². The summed E-state index contributed by atoms with van der Waals surface area (Å²) in [4.78, 5) is 18.9. The molecule has 0 saturated carbocycles. The van der Waals surface area contributed by atoms with Gasteiger partial charge in [-0.3, -0.25) is 19.7 Å². The fourth-order valence-corrected chi connectivity index (χ4v) is 3.22. The quantitative estimate of drug-likeness (QED) is 0.747. The Morgan fingerprint density at radius 2 is 2.21 bits per heavy atom. The number of urea groups is 1. The van der Waals surface area contributed by atoms with Crippen LogP contribution in [-0.2, 0) is 18.3 Å². The number of nitrogens with zero attached hydrogens (tertiary/aromatic N) is 6. The Labute approximate surface area is 162 Å². The monoisotopic (exact) mass is 381 g/mol. The van der Waals surface area contributed by atoms with Crippen LogP contribution >= 0.6 is 0 Å². The highest BCUT2D eigenvalue weighted by molar-refractivity contribution is 5.89. The Kier molecular flexibility index (Phi) is 5.34. The Morgan fingerprint density at radius 3 is 3.00 bits per heavy atom. The summed E-state index contributed by atoms with van der Waals surface area (Å²) in [6.45, 7) is 2.40. The van der Waals surface area contributed by atoms with Crippen LogP contribution in [0.4, 0.5) is 10.6 Å². The summed E-state index contributed by atoms with van der Waals surface area (Å²) in [6, 6.07) is 9.20. The summed E-state index contributed by atoms with van der Waals surface area (Å²) in [5.74, 6) is 0.624. The van der Waals surface area contributed by atoms with Gasteiger partial charge in [-0.25, -0.2) is 4.79 Å². The highest BCUT2D eigenvalue weighted by Gasteiger charge is 2.24. The molecule has 9 heteroatoms. The second-order valence-electron chi connectivity index (χ2n) is 6.70. The summed E-state index contributed by atoms with van der Waals surface area (Å²) in [6.07, 6.45) is 6.06. The minimum atomic E-state index is -0.161. The van der Waals surface area contributed by atoms with Crippen LogP contribution in [0.3, 0.4) is 0 Å². The van der Waals surface area contributed by atoms with E-state index >= 15 is 0 Å². The molecular formula is C19H23N7O2. The van der Waals surface area contributed by atoms with Gasteiger partial charge >= 0.3 is 6.03 Å². The predicted molar refractivity (Wildman–Crippen MR) is 104 cm³/mol. The van der Waals surface area contributed by atoms with Gasteiger partial charge < -0.3 is 9.64 Å². The summed E-state index contributed by atoms with van der Waals surface area (Å²) in [7, 11) is 1.80. The average molecular weight is 381 g/mol. The Bertz CT molecular complexity index is 908. The van der Waals surface area contributed by atoms with Gasteiger partial charge in [0.25, 0.3) is 0 Å². The van der Waals surface area contributed by atoms with Gasteiger partial charge in [0.15, 0.2) is 0 Å². The number of carbonyl (C=O) groups is 1. The summed E-state index contributed by atoms with van der Waals surface area (Å²) < 4.78 is 9.36. The van der Waals surface area contributed by atoms with Gasteiger partial charge in [-0.15, -0.1) is 0 Å². The number of ether oxygens (including phenoxy) is 1. The van der Waals surface area contributed by atoms with Crippen molar-refractivity contribution in [3.05, 3.63) is 48.9 Å². The number of anilines is 1. The minimum absolute atomic E-state index is 0.0937. The molecule has 28 heavy (non-hydrogen) atoms. The Balaban J connectivity index is 1.43. The van der Waals surface area contributed by atoms with Crippen molar-refractivity contribution in [1.29, 1.82) is 0 Å². The molecule has 1 atom stereocenters. The lowest BCUT2D eigenvalue weighted by molar-refractivity contribution is 0.0442. The van der Waals surface area contributed by atoms with Gasteiger partial charge in [-0.1, -0.05) is 6.07 Å². The fraction of sp³-hybridized carbons (Fsp3) is 0.368. The predicted octanol–water partition coefficient (Wildman–Crippen LogP) is 2.00. The second kappa shape index (κ2) is 8.22. The lowest BCUT2D eigenvalue weighted by Gasteiger charge is -2.24. The lowest BCUT2D eigenvalue weighted by Crippen LogP contribution is -2.41. The van der Waals surface area contributed by atoms with E-state index in [1.54, 1.807) is 29.0 Å². The molecule has 4 heterocycles. The molecule has 1 aliphatic heterocycles. The number of carbonyl (C=O) groups excluding carboxylic acids is 1. The molecule has 1 fully saturated rings. The van der Waals surface area contributed by atoms with Crippen LogP contribution in [-0.4, -0.2) is 61.3 Å². The maximum absolute atomic E-state index is 12.8. The third-order valence-electron chi connectivity index (χ3n) is 4.63. The molecule has 9 nitrogen and oxygen atoms in total. The van der Waals surface area contributed by atoms with Crippen LogP contribution in [0.25, 0.3) is 11.4 Å². The third-order valence-corrected chi connectivity index (χ3v) is 4.63. The SMILES string of the molecule is Cn1nc(-c2ccccn2)cc1NC(=O)N1CCCO[C@H](Cn2cccn2)C1. The number of aromatic nitrogens is 5.